The van der Waals surface area contributed by atoms with Crippen LogP contribution in [-0.2, 0) is 0 Å². The Kier molecular flexibility index (Phi) is 4.02. The number of urea groups is 1. The molecule has 1 aliphatic heterocycles. The summed E-state index contributed by atoms with van der Waals surface area (Å²) in [6.07, 6.45) is 1.42. The molecule has 116 valence electrons. The van der Waals surface area contributed by atoms with Crippen LogP contribution in [0, 0.1) is 6.92 Å². The second-order valence-electron chi connectivity index (χ2n) is 6.81. The molecule has 1 aliphatic rings. The summed E-state index contributed by atoms with van der Waals surface area (Å²) in [6.45, 7) is 10.5. The monoisotopic (exact) mass is 290 g/mol. The topological polar surface area (TPSA) is 43.8 Å². The molecule has 0 saturated carbocycles. The average molecular weight is 290 g/mol. The Morgan fingerprint density at radius 3 is 2.29 bits per heavy atom. The summed E-state index contributed by atoms with van der Waals surface area (Å²) in [5.74, 6) is 0. The van der Waals surface area contributed by atoms with Crippen molar-refractivity contribution in [3.63, 3.8) is 0 Å². The maximum atomic E-state index is 12.9. The minimum atomic E-state index is -1.18. The van der Waals surface area contributed by atoms with E-state index in [1.165, 1.54) is 4.90 Å². The van der Waals surface area contributed by atoms with Gasteiger partial charge in [0.2, 0.25) is 0 Å². The molecule has 1 heterocycles. The largest absolute Gasteiger partial charge is 0.371 e. The maximum absolute atomic E-state index is 12.9. The molecule has 1 N–H and O–H groups in total. The van der Waals surface area contributed by atoms with Gasteiger partial charge in [0.1, 0.15) is 5.72 Å². The van der Waals surface area contributed by atoms with Gasteiger partial charge in [-0.1, -0.05) is 24.6 Å². The molecule has 4 nitrogen and oxygen atoms in total. The molecule has 1 fully saturated rings. The number of nitrogens with zero attached hydrogens (tertiary/aromatic N) is 2. The minimum Gasteiger partial charge on any atom is -0.371 e. The molecule has 2 amide bonds. The van der Waals surface area contributed by atoms with Gasteiger partial charge in [-0.3, -0.25) is 4.90 Å². The van der Waals surface area contributed by atoms with Crippen LogP contribution in [0.5, 0.6) is 0 Å². The van der Waals surface area contributed by atoms with Crippen molar-refractivity contribution in [3.05, 3.63) is 29.8 Å². The Morgan fingerprint density at radius 1 is 1.19 bits per heavy atom. The highest BCUT2D eigenvalue weighted by molar-refractivity contribution is 5.94. The van der Waals surface area contributed by atoms with Gasteiger partial charge >= 0.3 is 6.03 Å². The number of benzene rings is 1. The van der Waals surface area contributed by atoms with Gasteiger partial charge < -0.3 is 10.0 Å². The van der Waals surface area contributed by atoms with Crippen LogP contribution in [-0.4, -0.2) is 33.8 Å². The van der Waals surface area contributed by atoms with Crippen LogP contribution in [0.25, 0.3) is 0 Å². The summed E-state index contributed by atoms with van der Waals surface area (Å²) in [4.78, 5) is 16.3. The van der Waals surface area contributed by atoms with Gasteiger partial charge in [0, 0.05) is 24.2 Å². The van der Waals surface area contributed by atoms with E-state index in [0.717, 1.165) is 17.7 Å². The van der Waals surface area contributed by atoms with Crippen molar-refractivity contribution in [2.75, 3.05) is 11.4 Å². The Labute approximate surface area is 127 Å². The van der Waals surface area contributed by atoms with Gasteiger partial charge in [0.25, 0.3) is 0 Å². The Morgan fingerprint density at radius 2 is 1.76 bits per heavy atom. The van der Waals surface area contributed by atoms with E-state index in [1.54, 1.807) is 6.92 Å². The van der Waals surface area contributed by atoms with Gasteiger partial charge in [0.05, 0.1) is 0 Å². The zero-order valence-corrected chi connectivity index (χ0v) is 13.7. The lowest BCUT2D eigenvalue weighted by molar-refractivity contribution is -0.0252. The zero-order valence-electron chi connectivity index (χ0n) is 13.7. The highest BCUT2D eigenvalue weighted by atomic mass is 16.3. The third-order valence-electron chi connectivity index (χ3n) is 4.14. The zero-order chi connectivity index (χ0) is 15.8. The maximum Gasteiger partial charge on any atom is 0.327 e. The van der Waals surface area contributed by atoms with Gasteiger partial charge in [-0.2, -0.15) is 0 Å². The van der Waals surface area contributed by atoms with E-state index in [4.69, 9.17) is 0 Å². The summed E-state index contributed by atoms with van der Waals surface area (Å²) < 4.78 is 0. The van der Waals surface area contributed by atoms with E-state index < -0.39 is 5.72 Å². The van der Waals surface area contributed by atoms with Crippen LogP contribution < -0.4 is 4.90 Å². The number of carbonyl (C=O) groups excluding carboxylic acids is 1. The lowest BCUT2D eigenvalue weighted by atomic mass is 9.87. The summed E-state index contributed by atoms with van der Waals surface area (Å²) in [6, 6.07) is 7.58. The first-order valence-corrected chi connectivity index (χ1v) is 7.60. The number of carbonyl (C=O) groups is 1. The molecular weight excluding hydrogens is 264 g/mol. The molecule has 1 atom stereocenters. The van der Waals surface area contributed by atoms with Crippen molar-refractivity contribution in [2.24, 2.45) is 0 Å². The fraction of sp³-hybridized carbons (Fsp3) is 0.588. The van der Waals surface area contributed by atoms with Crippen LogP contribution >= 0.6 is 0 Å². The number of amides is 2. The molecule has 21 heavy (non-hydrogen) atoms. The van der Waals surface area contributed by atoms with Crippen molar-refractivity contribution in [3.8, 4) is 0 Å². The van der Waals surface area contributed by atoms with Crippen LogP contribution in [0.3, 0.4) is 0 Å². The second-order valence-corrected chi connectivity index (χ2v) is 6.81. The molecule has 0 aromatic heterocycles. The van der Waals surface area contributed by atoms with Crippen molar-refractivity contribution >= 4 is 11.7 Å². The van der Waals surface area contributed by atoms with Crippen LogP contribution in [0.4, 0.5) is 10.5 Å². The molecule has 0 bridgehead atoms. The lowest BCUT2D eigenvalue weighted by Crippen LogP contribution is -2.68. The molecular formula is C17H26N2O2. The van der Waals surface area contributed by atoms with Crippen molar-refractivity contribution in [1.29, 1.82) is 0 Å². The first-order valence-electron chi connectivity index (χ1n) is 7.60. The van der Waals surface area contributed by atoms with E-state index in [1.807, 2.05) is 49.9 Å². The van der Waals surface area contributed by atoms with Gasteiger partial charge in [-0.05, 0) is 46.2 Å². The molecule has 0 spiro atoms. The SMILES string of the molecule is CCCN1C(=O)N(c2ccc(C)cc2)[C@](C)(O)CC1(C)C. The fourth-order valence-corrected chi connectivity index (χ4v) is 3.28. The lowest BCUT2D eigenvalue weighted by Gasteiger charge is -2.53. The first kappa shape index (κ1) is 15.8. The Hall–Kier alpha value is -1.55. The highest BCUT2D eigenvalue weighted by Gasteiger charge is 2.49. The van der Waals surface area contributed by atoms with E-state index in [0.29, 0.717) is 13.0 Å². The third-order valence-corrected chi connectivity index (χ3v) is 4.14. The number of aryl methyl sites for hydroxylation is 1. The number of aliphatic hydroxyl groups is 1. The van der Waals surface area contributed by atoms with E-state index >= 15 is 0 Å². The number of hydrogen-bond donors (Lipinski definition) is 1. The normalized spacial score (nSPS) is 25.3. The minimum absolute atomic E-state index is 0.123. The smallest absolute Gasteiger partial charge is 0.327 e. The molecule has 2 rings (SSSR count). The quantitative estimate of drug-likeness (QED) is 0.925. The van der Waals surface area contributed by atoms with Gasteiger partial charge in [-0.25, -0.2) is 4.79 Å². The van der Waals surface area contributed by atoms with Crippen LogP contribution in [0.1, 0.15) is 46.1 Å². The van der Waals surface area contributed by atoms with Crippen LogP contribution in [0.2, 0.25) is 0 Å². The number of anilines is 1. The molecule has 1 saturated heterocycles. The molecule has 4 heteroatoms. The first-order chi connectivity index (χ1) is 9.69. The number of hydrogen-bond acceptors (Lipinski definition) is 2. The molecule has 1 aromatic rings. The molecule has 1 aromatic carbocycles. The molecule has 0 unspecified atom stereocenters. The van der Waals surface area contributed by atoms with E-state index in [9.17, 15) is 9.90 Å². The standard InChI is InChI=1S/C17H26N2O2/c1-6-11-18-15(20)19(14-9-7-13(2)8-10-14)17(5,21)12-16(18,3)4/h7-10,21H,6,11-12H2,1-5H3/t17-/m1/s1. The third kappa shape index (κ3) is 2.91. The predicted molar refractivity (Wildman–Crippen MR) is 85.4 cm³/mol. The predicted octanol–water partition coefficient (Wildman–Crippen LogP) is 3.52. The van der Waals surface area contributed by atoms with E-state index in [-0.39, 0.29) is 11.6 Å². The molecule has 0 aliphatic carbocycles. The van der Waals surface area contributed by atoms with Crippen LogP contribution in [0.15, 0.2) is 24.3 Å². The summed E-state index contributed by atoms with van der Waals surface area (Å²) >= 11 is 0. The van der Waals surface area contributed by atoms with Crippen molar-refractivity contribution in [2.45, 2.75) is 58.7 Å². The number of rotatable bonds is 3. The highest BCUT2D eigenvalue weighted by Crippen LogP contribution is 2.38. The molecule has 0 radical (unpaired) electrons. The Bertz CT molecular complexity index is 520. The van der Waals surface area contributed by atoms with Gasteiger partial charge in [0.15, 0.2) is 0 Å². The summed E-state index contributed by atoms with van der Waals surface area (Å²) in [7, 11) is 0. The summed E-state index contributed by atoms with van der Waals surface area (Å²) in [5.41, 5.74) is 0.346. The van der Waals surface area contributed by atoms with Crippen molar-refractivity contribution < 1.29 is 9.90 Å². The Balaban J connectivity index is 2.43. The average Bonchev–Trinajstić information content (AvgIpc) is 2.35. The van der Waals surface area contributed by atoms with Gasteiger partial charge in [-0.15, -0.1) is 0 Å². The van der Waals surface area contributed by atoms with Crippen molar-refractivity contribution in [1.82, 2.24) is 4.90 Å². The summed E-state index contributed by atoms with van der Waals surface area (Å²) in [5, 5.41) is 10.8. The van der Waals surface area contributed by atoms with E-state index in [2.05, 4.69) is 6.92 Å². The second kappa shape index (κ2) is 5.34. The fourth-order valence-electron chi connectivity index (χ4n) is 3.28.